The highest BCUT2D eigenvalue weighted by molar-refractivity contribution is 5.92. The van der Waals surface area contributed by atoms with Gasteiger partial charge in [0.2, 0.25) is 0 Å². The number of aryl methyl sites for hydroxylation is 1. The summed E-state index contributed by atoms with van der Waals surface area (Å²) in [5, 5.41) is 13.2. The maximum absolute atomic E-state index is 11.7. The second kappa shape index (κ2) is 4.02. The first kappa shape index (κ1) is 11.7. The second-order valence-corrected chi connectivity index (χ2v) is 4.30. The molecule has 0 saturated heterocycles. The van der Waals surface area contributed by atoms with E-state index in [1.807, 2.05) is 0 Å². The van der Waals surface area contributed by atoms with Crippen LogP contribution in [0.25, 0.3) is 0 Å². The SMILES string of the molecule is Cc1cc(C(=O)N(C)CC(C)(C)O)no1. The van der Waals surface area contributed by atoms with Gasteiger partial charge in [0.15, 0.2) is 5.69 Å². The lowest BCUT2D eigenvalue weighted by Crippen LogP contribution is -2.39. The molecule has 0 bridgehead atoms. The number of hydrogen-bond donors (Lipinski definition) is 1. The largest absolute Gasteiger partial charge is 0.389 e. The molecular formula is C10H16N2O3. The number of nitrogens with zero attached hydrogens (tertiary/aromatic N) is 2. The minimum absolute atomic E-state index is 0.248. The third kappa shape index (κ3) is 3.36. The lowest BCUT2D eigenvalue weighted by molar-refractivity contribution is 0.0362. The van der Waals surface area contributed by atoms with Crippen LogP contribution in [0.1, 0.15) is 30.1 Å². The number of carbonyl (C=O) groups is 1. The molecule has 1 N–H and O–H groups in total. The van der Waals surface area contributed by atoms with Crippen molar-refractivity contribution in [2.45, 2.75) is 26.4 Å². The number of amides is 1. The van der Waals surface area contributed by atoms with Crippen molar-refractivity contribution in [2.24, 2.45) is 0 Å². The molecule has 0 atom stereocenters. The number of aromatic nitrogens is 1. The average molecular weight is 212 g/mol. The van der Waals surface area contributed by atoms with Crippen molar-refractivity contribution in [2.75, 3.05) is 13.6 Å². The van der Waals surface area contributed by atoms with Crippen LogP contribution in [0.5, 0.6) is 0 Å². The van der Waals surface area contributed by atoms with E-state index in [2.05, 4.69) is 5.16 Å². The number of aliphatic hydroxyl groups is 1. The van der Waals surface area contributed by atoms with Crippen LogP contribution in [0, 0.1) is 6.92 Å². The summed E-state index contributed by atoms with van der Waals surface area (Å²) in [7, 11) is 1.62. The molecule has 0 radical (unpaired) electrons. The number of rotatable bonds is 3. The summed E-state index contributed by atoms with van der Waals surface area (Å²) in [5.41, 5.74) is -0.650. The monoisotopic (exact) mass is 212 g/mol. The van der Waals surface area contributed by atoms with Crippen LogP contribution in [0.4, 0.5) is 0 Å². The Balaban J connectivity index is 2.69. The van der Waals surface area contributed by atoms with Gasteiger partial charge in [-0.2, -0.15) is 0 Å². The molecule has 0 unspecified atom stereocenters. The smallest absolute Gasteiger partial charge is 0.275 e. The normalized spacial score (nSPS) is 11.5. The summed E-state index contributed by atoms with van der Waals surface area (Å²) in [6.45, 7) is 5.26. The lowest BCUT2D eigenvalue weighted by Gasteiger charge is -2.24. The highest BCUT2D eigenvalue weighted by Gasteiger charge is 2.22. The van der Waals surface area contributed by atoms with Gasteiger partial charge in [-0.15, -0.1) is 0 Å². The summed E-state index contributed by atoms with van der Waals surface area (Å²) >= 11 is 0. The predicted octanol–water partition coefficient (Wildman–Crippen LogP) is 0.826. The summed E-state index contributed by atoms with van der Waals surface area (Å²) in [6, 6.07) is 1.57. The maximum atomic E-state index is 11.7. The fraction of sp³-hybridized carbons (Fsp3) is 0.600. The van der Waals surface area contributed by atoms with E-state index >= 15 is 0 Å². The first-order valence-electron chi connectivity index (χ1n) is 4.71. The van der Waals surface area contributed by atoms with Gasteiger partial charge < -0.3 is 14.5 Å². The molecule has 1 aromatic heterocycles. The van der Waals surface area contributed by atoms with Gasteiger partial charge in [-0.05, 0) is 20.8 Å². The van der Waals surface area contributed by atoms with Crippen molar-refractivity contribution >= 4 is 5.91 Å². The van der Waals surface area contributed by atoms with Crippen LogP contribution in [0.2, 0.25) is 0 Å². The second-order valence-electron chi connectivity index (χ2n) is 4.30. The molecule has 0 fully saturated rings. The van der Waals surface area contributed by atoms with Gasteiger partial charge in [0, 0.05) is 19.7 Å². The van der Waals surface area contributed by atoms with E-state index in [0.717, 1.165) is 0 Å². The lowest BCUT2D eigenvalue weighted by atomic mass is 10.1. The number of carbonyl (C=O) groups excluding carboxylic acids is 1. The zero-order chi connectivity index (χ0) is 11.6. The van der Waals surface area contributed by atoms with E-state index in [1.165, 1.54) is 4.90 Å². The molecular weight excluding hydrogens is 196 g/mol. The van der Waals surface area contributed by atoms with Crippen molar-refractivity contribution in [3.8, 4) is 0 Å². The van der Waals surface area contributed by atoms with Gasteiger partial charge in [-0.25, -0.2) is 0 Å². The quantitative estimate of drug-likeness (QED) is 0.805. The van der Waals surface area contributed by atoms with E-state index in [4.69, 9.17) is 4.52 Å². The topological polar surface area (TPSA) is 66.6 Å². The van der Waals surface area contributed by atoms with Crippen molar-refractivity contribution in [1.82, 2.24) is 10.1 Å². The zero-order valence-corrected chi connectivity index (χ0v) is 9.44. The van der Waals surface area contributed by atoms with Gasteiger partial charge in [-0.3, -0.25) is 4.79 Å². The predicted molar refractivity (Wildman–Crippen MR) is 54.5 cm³/mol. The first-order chi connectivity index (χ1) is 6.79. The summed E-state index contributed by atoms with van der Waals surface area (Å²) in [6.07, 6.45) is 0. The van der Waals surface area contributed by atoms with Crippen LogP contribution in [0.3, 0.4) is 0 Å². The molecule has 0 saturated carbocycles. The van der Waals surface area contributed by atoms with Gasteiger partial charge in [0.1, 0.15) is 5.76 Å². The molecule has 5 heteroatoms. The fourth-order valence-corrected chi connectivity index (χ4v) is 1.31. The molecule has 0 spiro atoms. The minimum Gasteiger partial charge on any atom is -0.389 e. The Hall–Kier alpha value is -1.36. The van der Waals surface area contributed by atoms with E-state index < -0.39 is 5.60 Å². The van der Waals surface area contributed by atoms with Crippen LogP contribution < -0.4 is 0 Å². The first-order valence-corrected chi connectivity index (χ1v) is 4.71. The molecule has 15 heavy (non-hydrogen) atoms. The van der Waals surface area contributed by atoms with Crippen molar-refractivity contribution in [3.05, 3.63) is 17.5 Å². The molecule has 0 aliphatic heterocycles. The molecule has 5 nitrogen and oxygen atoms in total. The molecule has 0 aliphatic rings. The third-order valence-electron chi connectivity index (χ3n) is 1.82. The molecule has 0 aromatic carbocycles. The molecule has 1 heterocycles. The van der Waals surface area contributed by atoms with E-state index in [1.54, 1.807) is 33.9 Å². The van der Waals surface area contributed by atoms with Crippen molar-refractivity contribution in [1.29, 1.82) is 0 Å². The zero-order valence-electron chi connectivity index (χ0n) is 9.44. The maximum Gasteiger partial charge on any atom is 0.275 e. The van der Waals surface area contributed by atoms with Gasteiger partial charge in [-0.1, -0.05) is 5.16 Å². The Kier molecular flexibility index (Phi) is 3.14. The molecule has 1 aromatic rings. The molecule has 1 amide bonds. The highest BCUT2D eigenvalue weighted by Crippen LogP contribution is 2.08. The van der Waals surface area contributed by atoms with Gasteiger partial charge in [0.05, 0.1) is 5.60 Å². The highest BCUT2D eigenvalue weighted by atomic mass is 16.5. The molecule has 1 rings (SSSR count). The summed E-state index contributed by atoms with van der Waals surface area (Å²) in [5.74, 6) is 0.337. The van der Waals surface area contributed by atoms with Crippen LogP contribution in [-0.2, 0) is 0 Å². The Morgan fingerprint density at radius 2 is 2.27 bits per heavy atom. The fourth-order valence-electron chi connectivity index (χ4n) is 1.31. The van der Waals surface area contributed by atoms with Gasteiger partial charge >= 0.3 is 0 Å². The Morgan fingerprint density at radius 1 is 1.67 bits per heavy atom. The van der Waals surface area contributed by atoms with Crippen molar-refractivity contribution < 1.29 is 14.4 Å². The van der Waals surface area contributed by atoms with Gasteiger partial charge in [0.25, 0.3) is 5.91 Å². The number of hydrogen-bond acceptors (Lipinski definition) is 4. The third-order valence-corrected chi connectivity index (χ3v) is 1.82. The van der Waals surface area contributed by atoms with Crippen LogP contribution in [-0.4, -0.2) is 40.3 Å². The van der Waals surface area contributed by atoms with E-state index in [9.17, 15) is 9.90 Å². The minimum atomic E-state index is -0.914. The van der Waals surface area contributed by atoms with Crippen LogP contribution >= 0.6 is 0 Å². The molecule has 0 aliphatic carbocycles. The van der Waals surface area contributed by atoms with Crippen molar-refractivity contribution in [3.63, 3.8) is 0 Å². The van der Waals surface area contributed by atoms with E-state index in [-0.39, 0.29) is 18.1 Å². The average Bonchev–Trinajstić information content (AvgIpc) is 2.47. The Bertz CT molecular complexity index is 352. The standard InChI is InChI=1S/C10H16N2O3/c1-7-5-8(11-15-7)9(13)12(4)6-10(2,3)14/h5,14H,6H2,1-4H3. The Morgan fingerprint density at radius 3 is 2.67 bits per heavy atom. The summed E-state index contributed by atoms with van der Waals surface area (Å²) in [4.78, 5) is 13.1. The summed E-state index contributed by atoms with van der Waals surface area (Å²) < 4.78 is 4.81. The number of likely N-dealkylation sites (N-methyl/N-ethyl adjacent to an activating group) is 1. The van der Waals surface area contributed by atoms with Crippen LogP contribution in [0.15, 0.2) is 10.6 Å². The molecule has 84 valence electrons. The Labute approximate surface area is 88.7 Å². The van der Waals surface area contributed by atoms with E-state index in [0.29, 0.717) is 5.76 Å².